The molecule has 0 aliphatic carbocycles. The molecule has 0 saturated carbocycles. The summed E-state index contributed by atoms with van der Waals surface area (Å²) < 4.78 is 0. The van der Waals surface area contributed by atoms with Gasteiger partial charge in [0.15, 0.2) is 0 Å². The first kappa shape index (κ1) is 9.47. The van der Waals surface area contributed by atoms with Gasteiger partial charge >= 0.3 is 0 Å². The Hall–Kier alpha value is -1.08. The summed E-state index contributed by atoms with van der Waals surface area (Å²) in [6.07, 6.45) is 0. The second-order valence-electron chi connectivity index (χ2n) is 3.52. The minimum absolute atomic E-state index is 0.476. The number of aromatic nitrogens is 1. The Bertz CT molecular complexity index is 477. The van der Waals surface area contributed by atoms with Crippen molar-refractivity contribution in [3.05, 3.63) is 41.1 Å². The van der Waals surface area contributed by atoms with Gasteiger partial charge in [-0.05, 0) is 31.0 Å². The number of alkyl halides is 1. The van der Waals surface area contributed by atoms with Gasteiger partial charge < -0.3 is 0 Å². The van der Waals surface area contributed by atoms with Crippen molar-refractivity contribution in [3.8, 4) is 0 Å². The third kappa shape index (κ3) is 1.48. The Morgan fingerprint density at radius 3 is 2.57 bits per heavy atom. The Kier molecular flexibility index (Phi) is 2.42. The molecule has 0 aliphatic heterocycles. The zero-order valence-electron chi connectivity index (χ0n) is 8.34. The van der Waals surface area contributed by atoms with Crippen LogP contribution in [-0.2, 0) is 5.88 Å². The first-order chi connectivity index (χ1) is 6.72. The van der Waals surface area contributed by atoms with Crippen molar-refractivity contribution >= 4 is 22.5 Å². The molecule has 1 heterocycles. The Morgan fingerprint density at radius 1 is 1.14 bits per heavy atom. The van der Waals surface area contributed by atoms with Crippen molar-refractivity contribution in [2.24, 2.45) is 0 Å². The molecule has 14 heavy (non-hydrogen) atoms. The zero-order valence-corrected chi connectivity index (χ0v) is 9.10. The largest absolute Gasteiger partial charge is 0.251 e. The highest BCUT2D eigenvalue weighted by Crippen LogP contribution is 2.20. The fourth-order valence-corrected chi connectivity index (χ4v) is 1.69. The number of rotatable bonds is 1. The molecule has 0 fully saturated rings. The monoisotopic (exact) mass is 205 g/mol. The standard InChI is InChI=1S/C12H12ClN/c1-8-3-4-10-5-6-11(7-13)14-12(10)9(8)2/h3-6H,7H2,1-2H3. The summed E-state index contributed by atoms with van der Waals surface area (Å²) in [6.45, 7) is 4.20. The maximum absolute atomic E-state index is 5.76. The van der Waals surface area contributed by atoms with Crippen LogP contribution in [0.4, 0.5) is 0 Å². The minimum atomic E-state index is 0.476. The van der Waals surface area contributed by atoms with Gasteiger partial charge in [-0.1, -0.05) is 18.2 Å². The molecule has 1 aromatic heterocycles. The van der Waals surface area contributed by atoms with Crippen LogP contribution in [0.3, 0.4) is 0 Å². The third-order valence-electron chi connectivity index (χ3n) is 2.58. The van der Waals surface area contributed by atoms with Crippen molar-refractivity contribution in [3.63, 3.8) is 0 Å². The lowest BCUT2D eigenvalue weighted by molar-refractivity contribution is 1.20. The van der Waals surface area contributed by atoms with E-state index in [-0.39, 0.29) is 0 Å². The van der Waals surface area contributed by atoms with E-state index in [1.165, 1.54) is 16.5 Å². The summed E-state index contributed by atoms with van der Waals surface area (Å²) in [5.41, 5.74) is 4.53. The molecular formula is C12H12ClN. The maximum Gasteiger partial charge on any atom is 0.0737 e. The molecular weight excluding hydrogens is 194 g/mol. The van der Waals surface area contributed by atoms with Crippen LogP contribution in [0, 0.1) is 13.8 Å². The lowest BCUT2D eigenvalue weighted by Crippen LogP contribution is -1.90. The predicted octanol–water partition coefficient (Wildman–Crippen LogP) is 3.59. The first-order valence-electron chi connectivity index (χ1n) is 4.64. The molecule has 1 nitrogen and oxygen atoms in total. The maximum atomic E-state index is 5.76. The number of hydrogen-bond donors (Lipinski definition) is 0. The minimum Gasteiger partial charge on any atom is -0.251 e. The molecule has 2 aromatic rings. The van der Waals surface area contributed by atoms with Crippen LogP contribution in [0.25, 0.3) is 10.9 Å². The van der Waals surface area contributed by atoms with Gasteiger partial charge in [-0.25, -0.2) is 0 Å². The number of fused-ring (bicyclic) bond motifs is 1. The number of benzene rings is 1. The lowest BCUT2D eigenvalue weighted by Gasteiger charge is -2.05. The van der Waals surface area contributed by atoms with E-state index in [0.29, 0.717) is 5.88 Å². The summed E-state index contributed by atoms with van der Waals surface area (Å²) in [7, 11) is 0. The second kappa shape index (κ2) is 3.58. The van der Waals surface area contributed by atoms with Gasteiger partial charge in [-0.15, -0.1) is 11.6 Å². The molecule has 2 heteroatoms. The van der Waals surface area contributed by atoms with E-state index in [4.69, 9.17) is 11.6 Å². The van der Waals surface area contributed by atoms with Gasteiger partial charge in [-0.3, -0.25) is 4.98 Å². The van der Waals surface area contributed by atoms with Gasteiger partial charge in [-0.2, -0.15) is 0 Å². The van der Waals surface area contributed by atoms with E-state index in [2.05, 4.69) is 37.0 Å². The van der Waals surface area contributed by atoms with E-state index in [9.17, 15) is 0 Å². The van der Waals surface area contributed by atoms with Gasteiger partial charge in [0.1, 0.15) is 0 Å². The van der Waals surface area contributed by atoms with E-state index in [0.717, 1.165) is 11.2 Å². The van der Waals surface area contributed by atoms with Gasteiger partial charge in [0.25, 0.3) is 0 Å². The summed E-state index contributed by atoms with van der Waals surface area (Å²) >= 11 is 5.76. The van der Waals surface area contributed by atoms with Crippen LogP contribution in [0.1, 0.15) is 16.8 Å². The number of pyridine rings is 1. The van der Waals surface area contributed by atoms with Crippen LogP contribution in [-0.4, -0.2) is 4.98 Å². The quantitative estimate of drug-likeness (QED) is 0.649. The van der Waals surface area contributed by atoms with E-state index < -0.39 is 0 Å². The van der Waals surface area contributed by atoms with Gasteiger partial charge in [0, 0.05) is 5.39 Å². The van der Waals surface area contributed by atoms with Crippen molar-refractivity contribution in [1.29, 1.82) is 0 Å². The molecule has 0 amide bonds. The molecule has 0 spiro atoms. The Labute approximate surface area is 88.7 Å². The van der Waals surface area contributed by atoms with Crippen LogP contribution in [0.5, 0.6) is 0 Å². The fourth-order valence-electron chi connectivity index (χ4n) is 1.55. The highest BCUT2D eigenvalue weighted by Gasteiger charge is 2.02. The van der Waals surface area contributed by atoms with E-state index in [1.54, 1.807) is 0 Å². The molecule has 0 unspecified atom stereocenters. The normalized spacial score (nSPS) is 10.8. The molecule has 2 rings (SSSR count). The van der Waals surface area contributed by atoms with Crippen LogP contribution < -0.4 is 0 Å². The molecule has 0 saturated heterocycles. The smallest absolute Gasteiger partial charge is 0.0737 e. The Morgan fingerprint density at radius 2 is 1.86 bits per heavy atom. The van der Waals surface area contributed by atoms with Crippen molar-refractivity contribution < 1.29 is 0 Å². The third-order valence-corrected chi connectivity index (χ3v) is 2.85. The van der Waals surface area contributed by atoms with Gasteiger partial charge in [0.05, 0.1) is 17.1 Å². The second-order valence-corrected chi connectivity index (χ2v) is 3.78. The number of aryl methyl sites for hydroxylation is 2. The highest BCUT2D eigenvalue weighted by atomic mass is 35.5. The molecule has 1 aromatic carbocycles. The molecule has 0 atom stereocenters. The average molecular weight is 206 g/mol. The van der Waals surface area contributed by atoms with Crippen molar-refractivity contribution in [2.75, 3.05) is 0 Å². The zero-order chi connectivity index (χ0) is 10.1. The molecule has 0 aliphatic rings. The fraction of sp³-hybridized carbons (Fsp3) is 0.250. The first-order valence-corrected chi connectivity index (χ1v) is 5.17. The van der Waals surface area contributed by atoms with E-state index in [1.807, 2.05) is 6.07 Å². The average Bonchev–Trinajstić information content (AvgIpc) is 2.23. The molecule has 0 radical (unpaired) electrons. The summed E-state index contributed by atoms with van der Waals surface area (Å²) in [5, 5.41) is 1.18. The number of nitrogens with zero attached hydrogens (tertiary/aromatic N) is 1. The van der Waals surface area contributed by atoms with E-state index >= 15 is 0 Å². The summed E-state index contributed by atoms with van der Waals surface area (Å²) in [6, 6.07) is 8.28. The highest BCUT2D eigenvalue weighted by molar-refractivity contribution is 6.17. The molecule has 72 valence electrons. The van der Waals surface area contributed by atoms with Crippen LogP contribution in [0.15, 0.2) is 24.3 Å². The topological polar surface area (TPSA) is 12.9 Å². The number of halogens is 1. The molecule has 0 bridgehead atoms. The van der Waals surface area contributed by atoms with Crippen molar-refractivity contribution in [1.82, 2.24) is 4.98 Å². The predicted molar refractivity (Wildman–Crippen MR) is 60.8 cm³/mol. The lowest BCUT2D eigenvalue weighted by atomic mass is 10.1. The van der Waals surface area contributed by atoms with Gasteiger partial charge in [0.2, 0.25) is 0 Å². The van der Waals surface area contributed by atoms with Crippen LogP contribution in [0.2, 0.25) is 0 Å². The van der Waals surface area contributed by atoms with Crippen molar-refractivity contribution in [2.45, 2.75) is 19.7 Å². The Balaban J connectivity index is 2.78. The SMILES string of the molecule is Cc1ccc2ccc(CCl)nc2c1C. The summed E-state index contributed by atoms with van der Waals surface area (Å²) in [4.78, 5) is 4.52. The molecule has 0 N–H and O–H groups in total. The van der Waals surface area contributed by atoms with Crippen LogP contribution >= 0.6 is 11.6 Å². The summed E-state index contributed by atoms with van der Waals surface area (Å²) in [5.74, 6) is 0.476. The number of hydrogen-bond acceptors (Lipinski definition) is 1.